The van der Waals surface area contributed by atoms with Crippen molar-refractivity contribution in [2.45, 2.75) is 30.7 Å². The van der Waals surface area contributed by atoms with Crippen LogP contribution in [-0.4, -0.2) is 38.8 Å². The van der Waals surface area contributed by atoms with E-state index in [0.717, 1.165) is 23.4 Å². The van der Waals surface area contributed by atoms with Crippen molar-refractivity contribution < 1.29 is 22.3 Å². The van der Waals surface area contributed by atoms with Gasteiger partial charge < -0.3 is 10.1 Å². The van der Waals surface area contributed by atoms with E-state index in [1.165, 1.54) is 16.4 Å². The number of hydrogen-bond donors (Lipinski definition) is 1. The number of ether oxygens (including phenoxy) is 1. The number of nitrogens with zero attached hydrogens (tertiary/aromatic N) is 1. The van der Waals surface area contributed by atoms with E-state index in [9.17, 15) is 17.6 Å². The first-order valence-corrected chi connectivity index (χ1v) is 11.0. The molecule has 2 aromatic carbocycles. The molecule has 1 amide bonds. The topological polar surface area (TPSA) is 75.7 Å². The van der Waals surface area contributed by atoms with Gasteiger partial charge in [0.1, 0.15) is 11.6 Å². The molecule has 0 aliphatic carbocycles. The maximum absolute atomic E-state index is 13.1. The van der Waals surface area contributed by atoms with E-state index in [4.69, 9.17) is 4.74 Å². The number of carbonyl (C=O) groups is 1. The fraction of sp³-hybridized carbons (Fsp3) is 0.381. The molecule has 0 unspecified atom stereocenters. The number of methoxy groups -OCH3 is 1. The molecule has 3 rings (SSSR count). The predicted molar refractivity (Wildman–Crippen MR) is 107 cm³/mol. The molecule has 1 atom stereocenters. The number of rotatable bonds is 6. The van der Waals surface area contributed by atoms with Crippen molar-refractivity contribution in [3.63, 3.8) is 0 Å². The third kappa shape index (κ3) is 4.94. The van der Waals surface area contributed by atoms with Crippen molar-refractivity contribution in [1.82, 2.24) is 9.62 Å². The molecule has 29 heavy (non-hydrogen) atoms. The summed E-state index contributed by atoms with van der Waals surface area (Å²) in [6.07, 6.45) is 0.892. The van der Waals surface area contributed by atoms with E-state index >= 15 is 0 Å². The molecule has 1 aliphatic rings. The lowest BCUT2D eigenvalue weighted by Gasteiger charge is -2.31. The summed E-state index contributed by atoms with van der Waals surface area (Å²) >= 11 is 0. The highest BCUT2D eigenvalue weighted by molar-refractivity contribution is 7.89. The Balaban J connectivity index is 1.56. The fourth-order valence-electron chi connectivity index (χ4n) is 3.42. The van der Waals surface area contributed by atoms with Gasteiger partial charge in [0.15, 0.2) is 0 Å². The standard InChI is InChI=1S/C21H25FN2O4S/c1-15(16-3-7-19(28-2)8-4-16)23-21(25)17-11-13-24(14-12-17)29(26,27)20-9-5-18(22)6-10-20/h3-10,15,17H,11-14H2,1-2H3,(H,23,25)/t15-/m0/s1. The maximum atomic E-state index is 13.1. The summed E-state index contributed by atoms with van der Waals surface area (Å²) in [5.74, 6) is -0.0464. The molecule has 0 bridgehead atoms. The largest absolute Gasteiger partial charge is 0.497 e. The molecule has 6 nitrogen and oxygen atoms in total. The van der Waals surface area contributed by atoms with Crippen LogP contribution in [0.5, 0.6) is 5.75 Å². The highest BCUT2D eigenvalue weighted by Gasteiger charge is 2.32. The summed E-state index contributed by atoms with van der Waals surface area (Å²) in [4.78, 5) is 12.7. The average Bonchev–Trinajstić information content (AvgIpc) is 2.74. The van der Waals surface area contributed by atoms with Gasteiger partial charge in [0.2, 0.25) is 15.9 Å². The molecule has 0 spiro atoms. The first-order chi connectivity index (χ1) is 13.8. The van der Waals surface area contributed by atoms with E-state index in [-0.39, 0.29) is 35.9 Å². The quantitative estimate of drug-likeness (QED) is 0.779. The van der Waals surface area contributed by atoms with Gasteiger partial charge in [0.25, 0.3) is 0 Å². The molecular formula is C21H25FN2O4S. The van der Waals surface area contributed by atoms with Gasteiger partial charge in [-0.1, -0.05) is 12.1 Å². The SMILES string of the molecule is COc1ccc([C@H](C)NC(=O)C2CCN(S(=O)(=O)c3ccc(F)cc3)CC2)cc1. The summed E-state index contributed by atoms with van der Waals surface area (Å²) in [5, 5.41) is 3.01. The molecular weight excluding hydrogens is 395 g/mol. The first kappa shape index (κ1) is 21.3. The highest BCUT2D eigenvalue weighted by Crippen LogP contribution is 2.25. The molecule has 0 saturated carbocycles. The first-order valence-electron chi connectivity index (χ1n) is 9.51. The van der Waals surface area contributed by atoms with Crippen LogP contribution in [-0.2, 0) is 14.8 Å². The Hall–Kier alpha value is -2.45. The molecule has 156 valence electrons. The minimum Gasteiger partial charge on any atom is -0.497 e. The van der Waals surface area contributed by atoms with E-state index in [2.05, 4.69) is 5.32 Å². The van der Waals surface area contributed by atoms with Crippen LogP contribution < -0.4 is 10.1 Å². The van der Waals surface area contributed by atoms with E-state index < -0.39 is 15.8 Å². The number of carbonyl (C=O) groups excluding carboxylic acids is 1. The van der Waals surface area contributed by atoms with Crippen LogP contribution in [0.1, 0.15) is 31.4 Å². The van der Waals surface area contributed by atoms with Crippen LogP contribution in [0.25, 0.3) is 0 Å². The number of benzene rings is 2. The fourth-order valence-corrected chi connectivity index (χ4v) is 4.89. The van der Waals surface area contributed by atoms with E-state index in [1.54, 1.807) is 7.11 Å². The molecule has 0 aromatic heterocycles. The lowest BCUT2D eigenvalue weighted by Crippen LogP contribution is -2.43. The molecule has 1 heterocycles. The number of halogens is 1. The Morgan fingerprint density at radius 1 is 1.10 bits per heavy atom. The van der Waals surface area contributed by atoms with E-state index in [1.807, 2.05) is 31.2 Å². The van der Waals surface area contributed by atoms with Crippen LogP contribution in [0.4, 0.5) is 4.39 Å². The summed E-state index contributed by atoms with van der Waals surface area (Å²) < 4.78 is 44.9. The highest BCUT2D eigenvalue weighted by atomic mass is 32.2. The Bertz CT molecular complexity index is 938. The number of piperidine rings is 1. The number of amides is 1. The van der Waals surface area contributed by atoms with Gasteiger partial charge in [-0.15, -0.1) is 0 Å². The van der Waals surface area contributed by atoms with Gasteiger partial charge in [-0.25, -0.2) is 12.8 Å². The van der Waals surface area contributed by atoms with Crippen molar-refractivity contribution in [1.29, 1.82) is 0 Å². The Morgan fingerprint density at radius 2 is 1.69 bits per heavy atom. The zero-order valence-electron chi connectivity index (χ0n) is 16.5. The third-order valence-corrected chi connectivity index (χ3v) is 7.16. The molecule has 1 fully saturated rings. The average molecular weight is 421 g/mol. The molecule has 1 N–H and O–H groups in total. The van der Waals surface area contributed by atoms with Gasteiger partial charge in [-0.3, -0.25) is 4.79 Å². The lowest BCUT2D eigenvalue weighted by atomic mass is 9.96. The second-order valence-corrected chi connectivity index (χ2v) is 9.07. The molecule has 8 heteroatoms. The van der Waals surface area contributed by atoms with Crippen molar-refractivity contribution >= 4 is 15.9 Å². The zero-order chi connectivity index (χ0) is 21.0. The number of hydrogen-bond acceptors (Lipinski definition) is 4. The Morgan fingerprint density at radius 3 is 2.24 bits per heavy atom. The van der Waals surface area contributed by atoms with Gasteiger partial charge in [0, 0.05) is 19.0 Å². The second-order valence-electron chi connectivity index (χ2n) is 7.14. The van der Waals surface area contributed by atoms with Gasteiger partial charge in [-0.05, 0) is 61.7 Å². The van der Waals surface area contributed by atoms with Crippen molar-refractivity contribution in [3.8, 4) is 5.75 Å². The van der Waals surface area contributed by atoms with Gasteiger partial charge in [0.05, 0.1) is 18.0 Å². The monoisotopic (exact) mass is 420 g/mol. The van der Waals surface area contributed by atoms with Gasteiger partial charge >= 0.3 is 0 Å². The summed E-state index contributed by atoms with van der Waals surface area (Å²) in [5.41, 5.74) is 0.968. The molecule has 1 saturated heterocycles. The van der Waals surface area contributed by atoms with Crippen molar-refractivity contribution in [3.05, 3.63) is 59.9 Å². The molecule has 0 radical (unpaired) electrons. The molecule has 2 aromatic rings. The van der Waals surface area contributed by atoms with Crippen LogP contribution in [0.3, 0.4) is 0 Å². The smallest absolute Gasteiger partial charge is 0.243 e. The minimum atomic E-state index is -3.68. The third-order valence-electron chi connectivity index (χ3n) is 5.25. The summed E-state index contributed by atoms with van der Waals surface area (Å²) in [6.45, 7) is 2.43. The minimum absolute atomic E-state index is 0.0647. The second kappa shape index (κ2) is 8.92. The van der Waals surface area contributed by atoms with Crippen LogP contribution in [0, 0.1) is 11.7 Å². The summed E-state index contributed by atoms with van der Waals surface area (Å²) in [6, 6.07) is 12.1. The number of sulfonamides is 1. The lowest BCUT2D eigenvalue weighted by molar-refractivity contribution is -0.126. The van der Waals surface area contributed by atoms with Crippen molar-refractivity contribution in [2.24, 2.45) is 5.92 Å². The predicted octanol–water partition coefficient (Wildman–Crippen LogP) is 3.11. The Kier molecular flexibility index (Phi) is 6.54. The zero-order valence-corrected chi connectivity index (χ0v) is 17.3. The molecule has 1 aliphatic heterocycles. The normalized spacial score (nSPS) is 16.9. The maximum Gasteiger partial charge on any atom is 0.243 e. The van der Waals surface area contributed by atoms with E-state index in [0.29, 0.717) is 12.8 Å². The van der Waals surface area contributed by atoms with Crippen LogP contribution in [0.15, 0.2) is 53.4 Å². The van der Waals surface area contributed by atoms with Crippen LogP contribution in [0.2, 0.25) is 0 Å². The summed E-state index contributed by atoms with van der Waals surface area (Å²) in [7, 11) is -2.08. The Labute approximate surface area is 170 Å². The number of nitrogens with one attached hydrogen (secondary N) is 1. The van der Waals surface area contributed by atoms with Crippen LogP contribution >= 0.6 is 0 Å². The van der Waals surface area contributed by atoms with Crippen molar-refractivity contribution in [2.75, 3.05) is 20.2 Å². The van der Waals surface area contributed by atoms with Gasteiger partial charge in [-0.2, -0.15) is 4.31 Å².